The van der Waals surface area contributed by atoms with E-state index in [1.165, 1.54) is 168 Å². The lowest BCUT2D eigenvalue weighted by Gasteiger charge is -2.43. The van der Waals surface area contributed by atoms with Crippen LogP contribution in [0.15, 0.2) is 115 Å². The van der Waals surface area contributed by atoms with Crippen molar-refractivity contribution in [3.63, 3.8) is 0 Å². The van der Waals surface area contributed by atoms with Gasteiger partial charge in [-0.15, -0.1) is 0 Å². The van der Waals surface area contributed by atoms with Crippen molar-refractivity contribution in [1.29, 1.82) is 0 Å². The van der Waals surface area contributed by atoms with Crippen LogP contribution in [0.5, 0.6) is 0 Å². The van der Waals surface area contributed by atoms with Crippen molar-refractivity contribution in [1.82, 2.24) is 0 Å². The monoisotopic (exact) mass is 783 g/mol. The Kier molecular flexibility index (Phi) is 14.3. The average Bonchev–Trinajstić information content (AvgIpc) is 3.47. The fourth-order valence-electron chi connectivity index (χ4n) is 11.4. The summed E-state index contributed by atoms with van der Waals surface area (Å²) in [7, 11) is 0. The third-order valence-corrected chi connectivity index (χ3v) is 15.0. The van der Waals surface area contributed by atoms with Crippen LogP contribution in [0.2, 0.25) is 0 Å². The van der Waals surface area contributed by atoms with Crippen molar-refractivity contribution in [2.45, 2.75) is 173 Å². The van der Waals surface area contributed by atoms with Crippen molar-refractivity contribution >= 4 is 0 Å². The Hall–Kier alpha value is -3.90. The van der Waals surface area contributed by atoms with E-state index in [0.29, 0.717) is 11.8 Å². The lowest BCUT2D eigenvalue weighted by molar-refractivity contribution is 0.199. The minimum absolute atomic E-state index is 0.164. The molecule has 0 amide bonds. The van der Waals surface area contributed by atoms with E-state index in [9.17, 15) is 0 Å². The maximum absolute atomic E-state index is 2.55. The van der Waals surface area contributed by atoms with Gasteiger partial charge >= 0.3 is 0 Å². The number of hydrogen-bond donors (Lipinski definition) is 0. The number of benzene rings is 5. The maximum Gasteiger partial charge on any atom is 0.0123 e. The molecule has 8 rings (SSSR count). The molecule has 0 heteroatoms. The van der Waals surface area contributed by atoms with Crippen LogP contribution >= 0.6 is 0 Å². The molecule has 1 fully saturated rings. The summed E-state index contributed by atoms with van der Waals surface area (Å²) in [6.45, 7) is 6.94. The van der Waals surface area contributed by atoms with Crippen LogP contribution in [0.4, 0.5) is 0 Å². The molecule has 0 spiro atoms. The summed E-state index contributed by atoms with van der Waals surface area (Å²) in [5, 5.41) is 0. The summed E-state index contributed by atoms with van der Waals surface area (Å²) in [6, 6.07) is 45.6. The summed E-state index contributed by atoms with van der Waals surface area (Å²) in [5.41, 5.74) is 16.9. The first-order chi connectivity index (χ1) is 28.9. The van der Waals surface area contributed by atoms with Crippen LogP contribution in [0.3, 0.4) is 0 Å². The zero-order chi connectivity index (χ0) is 40.4. The topological polar surface area (TPSA) is 0 Å². The number of fused-ring (bicyclic) bond motifs is 3. The molecule has 3 aliphatic carbocycles. The van der Waals surface area contributed by atoms with Gasteiger partial charge in [-0.25, -0.2) is 0 Å². The van der Waals surface area contributed by atoms with Gasteiger partial charge in [0.25, 0.3) is 0 Å². The average molecular weight is 783 g/mol. The second-order valence-electron chi connectivity index (χ2n) is 20.2. The van der Waals surface area contributed by atoms with Gasteiger partial charge in [-0.1, -0.05) is 194 Å². The number of unbranched alkanes of at least 4 members (excludes halogenated alkanes) is 7. The van der Waals surface area contributed by atoms with E-state index < -0.39 is 0 Å². The smallest absolute Gasteiger partial charge is 0.0123 e. The summed E-state index contributed by atoms with van der Waals surface area (Å²) in [6.07, 6.45) is 28.1. The van der Waals surface area contributed by atoms with Crippen LogP contribution in [0.25, 0.3) is 11.1 Å². The van der Waals surface area contributed by atoms with Crippen LogP contribution in [-0.4, -0.2) is 0 Å². The van der Waals surface area contributed by atoms with Crippen molar-refractivity contribution < 1.29 is 0 Å². The lowest BCUT2D eigenvalue weighted by Crippen LogP contribution is -2.32. The third kappa shape index (κ3) is 10.9. The predicted molar refractivity (Wildman–Crippen MR) is 254 cm³/mol. The van der Waals surface area contributed by atoms with E-state index in [4.69, 9.17) is 0 Å². The molecule has 0 aromatic heterocycles. The zero-order valence-corrected chi connectivity index (χ0v) is 37.1. The Labute approximate surface area is 359 Å². The molecule has 59 heavy (non-hydrogen) atoms. The van der Waals surface area contributed by atoms with Gasteiger partial charge in [0.15, 0.2) is 0 Å². The summed E-state index contributed by atoms with van der Waals surface area (Å²) < 4.78 is 0. The molecule has 3 aliphatic rings. The predicted octanol–water partition coefficient (Wildman–Crippen LogP) is 16.5. The lowest BCUT2D eigenvalue weighted by atomic mass is 9.62. The Morgan fingerprint density at radius 3 is 1.85 bits per heavy atom. The molecular formula is C59H74. The number of aryl methyl sites for hydroxylation is 4. The fraction of sp³-hybridized carbons (Fsp3) is 0.492. The standard InChI is InChI=1S/C59H74/c1-59(2,3)54-26-18-25-50(42-54)51-40-39-48-22-13-12-21-47(57(48)43-51)36-33-46-31-29-44(30-32-46)19-10-8-6-4-5-7-9-11-20-45-34-37-49(38-35-45)58-55-27-16-14-23-52(55)41-53-24-15-17-28-56(53)58/h14,16,18,23,25-27,29-32,34-35,37-40,42-43,47,53,56,58H,4-13,15,17,19-22,24,28,33,36,41H2,1-3H3. The Morgan fingerprint density at radius 1 is 0.492 bits per heavy atom. The minimum Gasteiger partial charge on any atom is -0.0620 e. The van der Waals surface area contributed by atoms with Crippen molar-refractivity contribution in [3.05, 3.63) is 165 Å². The summed E-state index contributed by atoms with van der Waals surface area (Å²) in [4.78, 5) is 0. The highest BCUT2D eigenvalue weighted by molar-refractivity contribution is 5.66. The molecule has 5 aromatic rings. The van der Waals surface area contributed by atoms with Gasteiger partial charge in [-0.2, -0.15) is 0 Å². The summed E-state index contributed by atoms with van der Waals surface area (Å²) >= 11 is 0. The van der Waals surface area contributed by atoms with Gasteiger partial charge < -0.3 is 0 Å². The Bertz CT molecular complexity index is 2060. The van der Waals surface area contributed by atoms with E-state index in [-0.39, 0.29) is 5.41 Å². The largest absolute Gasteiger partial charge is 0.0620 e. The Morgan fingerprint density at radius 2 is 1.12 bits per heavy atom. The van der Waals surface area contributed by atoms with Gasteiger partial charge in [0, 0.05) is 5.92 Å². The van der Waals surface area contributed by atoms with E-state index in [0.717, 1.165) is 11.8 Å². The summed E-state index contributed by atoms with van der Waals surface area (Å²) in [5.74, 6) is 2.97. The molecule has 0 N–H and O–H groups in total. The van der Waals surface area contributed by atoms with Gasteiger partial charge in [-0.05, 0) is 161 Å². The molecule has 1 saturated carbocycles. The molecule has 310 valence electrons. The van der Waals surface area contributed by atoms with Gasteiger partial charge in [0.1, 0.15) is 0 Å². The normalized spacial score (nSPS) is 20.3. The molecule has 0 aliphatic heterocycles. The number of hydrogen-bond acceptors (Lipinski definition) is 0. The van der Waals surface area contributed by atoms with Crippen molar-refractivity contribution in [2.24, 2.45) is 11.8 Å². The van der Waals surface area contributed by atoms with Gasteiger partial charge in [0.2, 0.25) is 0 Å². The van der Waals surface area contributed by atoms with Crippen LogP contribution in [-0.2, 0) is 37.5 Å². The molecular weight excluding hydrogens is 709 g/mol. The second kappa shape index (κ2) is 20.1. The highest BCUT2D eigenvalue weighted by atomic mass is 14.4. The SMILES string of the molecule is CC(C)(C)c1cccc(-c2ccc3c(c2)C(CCc2ccc(CCCCCCCCCCc4ccc(C5c6ccccc6CC6CCCCC65)cc4)cc2)CCCC3)c1. The fourth-order valence-corrected chi connectivity index (χ4v) is 11.4. The molecule has 0 nitrogen and oxygen atoms in total. The highest BCUT2D eigenvalue weighted by Crippen LogP contribution is 2.49. The molecule has 5 aromatic carbocycles. The van der Waals surface area contributed by atoms with E-state index in [2.05, 4.69) is 136 Å². The molecule has 0 bridgehead atoms. The zero-order valence-electron chi connectivity index (χ0n) is 37.1. The van der Waals surface area contributed by atoms with Crippen molar-refractivity contribution in [2.75, 3.05) is 0 Å². The van der Waals surface area contributed by atoms with E-state index >= 15 is 0 Å². The third-order valence-electron chi connectivity index (χ3n) is 15.0. The van der Waals surface area contributed by atoms with Gasteiger partial charge in [0.05, 0.1) is 0 Å². The maximum atomic E-state index is 2.55. The van der Waals surface area contributed by atoms with E-state index in [1.54, 1.807) is 27.8 Å². The molecule has 4 atom stereocenters. The first kappa shape index (κ1) is 41.8. The van der Waals surface area contributed by atoms with Gasteiger partial charge in [-0.3, -0.25) is 0 Å². The highest BCUT2D eigenvalue weighted by Gasteiger charge is 2.38. The van der Waals surface area contributed by atoms with E-state index in [1.807, 2.05) is 0 Å². The first-order valence-electron chi connectivity index (χ1n) is 24.4. The van der Waals surface area contributed by atoms with Crippen LogP contribution in [0.1, 0.15) is 185 Å². The minimum atomic E-state index is 0.164. The van der Waals surface area contributed by atoms with Crippen molar-refractivity contribution in [3.8, 4) is 11.1 Å². The molecule has 0 radical (unpaired) electrons. The van der Waals surface area contributed by atoms with Crippen LogP contribution in [0, 0.1) is 11.8 Å². The Balaban J connectivity index is 0.715. The molecule has 0 saturated heterocycles. The quantitative estimate of drug-likeness (QED) is 0.0691. The van der Waals surface area contributed by atoms with Crippen LogP contribution < -0.4 is 0 Å². The molecule has 0 heterocycles. The molecule has 4 unspecified atom stereocenters. The number of rotatable bonds is 16. The second-order valence-corrected chi connectivity index (χ2v) is 20.2. The first-order valence-corrected chi connectivity index (χ1v) is 24.4.